The largest absolute Gasteiger partial charge is 0.353 e. The second-order valence-electron chi connectivity index (χ2n) is 4.99. The van der Waals surface area contributed by atoms with Crippen molar-refractivity contribution in [2.45, 2.75) is 52.0 Å². The maximum Gasteiger partial charge on any atom is 0.156 e. The van der Waals surface area contributed by atoms with E-state index in [0.717, 1.165) is 25.7 Å². The lowest BCUT2D eigenvalue weighted by atomic mass is 9.94. The fourth-order valence-corrected chi connectivity index (χ4v) is 3.08. The summed E-state index contributed by atoms with van der Waals surface area (Å²) in [4.78, 5) is 22.0. The van der Waals surface area contributed by atoms with Crippen molar-refractivity contribution in [2.75, 3.05) is 11.4 Å². The third kappa shape index (κ3) is 3.06. The van der Waals surface area contributed by atoms with Crippen LogP contribution in [-0.4, -0.2) is 28.8 Å². The maximum atomic E-state index is 11.3. The first-order valence-electron chi connectivity index (χ1n) is 6.93. The molecule has 19 heavy (non-hydrogen) atoms. The zero-order chi connectivity index (χ0) is 13.8. The summed E-state index contributed by atoms with van der Waals surface area (Å²) in [5, 5.41) is 0.256. The molecule has 1 aliphatic rings. The summed E-state index contributed by atoms with van der Waals surface area (Å²) < 4.78 is 0. The minimum atomic E-state index is 0.256. The lowest BCUT2D eigenvalue weighted by Gasteiger charge is -2.35. The maximum absolute atomic E-state index is 11.3. The molecular formula is C14H20ClN3O. The normalized spacial score (nSPS) is 16.4. The van der Waals surface area contributed by atoms with Gasteiger partial charge >= 0.3 is 0 Å². The van der Waals surface area contributed by atoms with Gasteiger partial charge in [-0.2, -0.15) is 0 Å². The molecule has 1 heterocycles. The molecule has 1 aliphatic carbocycles. The molecule has 1 aromatic rings. The van der Waals surface area contributed by atoms with Crippen molar-refractivity contribution < 1.29 is 4.79 Å². The highest BCUT2D eigenvalue weighted by atomic mass is 35.5. The zero-order valence-electron chi connectivity index (χ0n) is 11.5. The van der Waals surface area contributed by atoms with Crippen molar-refractivity contribution in [2.24, 2.45) is 0 Å². The Kier molecular flexibility index (Phi) is 4.75. The van der Waals surface area contributed by atoms with E-state index in [1.165, 1.54) is 19.3 Å². The quantitative estimate of drug-likeness (QED) is 0.627. The van der Waals surface area contributed by atoms with Crippen LogP contribution >= 0.6 is 11.6 Å². The van der Waals surface area contributed by atoms with Crippen LogP contribution < -0.4 is 4.90 Å². The van der Waals surface area contributed by atoms with E-state index in [1.807, 2.05) is 0 Å². The minimum absolute atomic E-state index is 0.256. The number of aryl methyl sites for hydroxylation is 1. The van der Waals surface area contributed by atoms with E-state index in [0.29, 0.717) is 23.2 Å². The monoisotopic (exact) mass is 281 g/mol. The van der Waals surface area contributed by atoms with E-state index < -0.39 is 0 Å². The van der Waals surface area contributed by atoms with Crippen LogP contribution in [0.15, 0.2) is 0 Å². The molecular weight excluding hydrogens is 262 g/mol. The number of carbonyl (C=O) groups is 1. The van der Waals surface area contributed by atoms with Crippen LogP contribution in [0.2, 0.25) is 5.15 Å². The van der Waals surface area contributed by atoms with Crippen LogP contribution in [0.25, 0.3) is 0 Å². The zero-order valence-corrected chi connectivity index (χ0v) is 12.3. The molecule has 0 bridgehead atoms. The molecule has 0 spiro atoms. The highest BCUT2D eigenvalue weighted by molar-refractivity contribution is 6.32. The van der Waals surface area contributed by atoms with Crippen molar-refractivity contribution in [3.8, 4) is 0 Å². The lowest BCUT2D eigenvalue weighted by Crippen LogP contribution is -2.38. The first-order chi connectivity index (χ1) is 9.17. The Morgan fingerprint density at radius 1 is 1.32 bits per heavy atom. The van der Waals surface area contributed by atoms with Crippen LogP contribution in [0.4, 0.5) is 5.82 Å². The van der Waals surface area contributed by atoms with Gasteiger partial charge in [-0.1, -0.05) is 30.9 Å². The number of hydrogen-bond acceptors (Lipinski definition) is 4. The molecule has 1 aromatic heterocycles. The van der Waals surface area contributed by atoms with Crippen molar-refractivity contribution in [1.29, 1.82) is 0 Å². The second-order valence-corrected chi connectivity index (χ2v) is 5.35. The van der Waals surface area contributed by atoms with E-state index in [1.54, 1.807) is 6.92 Å². The predicted octanol–water partition coefficient (Wildman–Crippen LogP) is 3.41. The van der Waals surface area contributed by atoms with Crippen LogP contribution in [0.5, 0.6) is 0 Å². The molecule has 0 N–H and O–H groups in total. The minimum Gasteiger partial charge on any atom is -0.353 e. The Bertz CT molecular complexity index is 458. The number of nitrogens with zero attached hydrogens (tertiary/aromatic N) is 3. The number of aldehydes is 1. The van der Waals surface area contributed by atoms with Gasteiger partial charge in [-0.25, -0.2) is 9.97 Å². The summed E-state index contributed by atoms with van der Waals surface area (Å²) in [6.45, 7) is 4.73. The van der Waals surface area contributed by atoms with Gasteiger partial charge in [-0.15, -0.1) is 0 Å². The number of hydrogen-bond donors (Lipinski definition) is 0. The van der Waals surface area contributed by atoms with E-state index in [2.05, 4.69) is 21.8 Å². The molecule has 0 unspecified atom stereocenters. The van der Waals surface area contributed by atoms with Gasteiger partial charge in [0.1, 0.15) is 16.8 Å². The molecule has 0 saturated heterocycles. The van der Waals surface area contributed by atoms with Crippen LogP contribution in [0.1, 0.15) is 55.2 Å². The molecule has 0 aliphatic heterocycles. The molecule has 2 rings (SSSR count). The molecule has 1 fully saturated rings. The third-order valence-corrected chi connectivity index (χ3v) is 4.02. The Hall–Kier alpha value is -1.16. The number of halogens is 1. The molecule has 4 nitrogen and oxygen atoms in total. The second kappa shape index (κ2) is 6.33. The summed E-state index contributed by atoms with van der Waals surface area (Å²) in [6.07, 6.45) is 6.88. The fourth-order valence-electron chi connectivity index (χ4n) is 2.83. The Labute approximate surface area is 119 Å². The predicted molar refractivity (Wildman–Crippen MR) is 77.1 cm³/mol. The van der Waals surface area contributed by atoms with Crippen molar-refractivity contribution >= 4 is 23.7 Å². The Balaban J connectivity index is 2.38. The molecule has 5 heteroatoms. The first kappa shape index (κ1) is 14.3. The summed E-state index contributed by atoms with van der Waals surface area (Å²) in [5.74, 6) is 1.31. The van der Waals surface area contributed by atoms with E-state index in [9.17, 15) is 4.79 Å². The Morgan fingerprint density at radius 2 is 2.00 bits per heavy atom. The van der Waals surface area contributed by atoms with Crippen molar-refractivity contribution in [3.63, 3.8) is 0 Å². The average Bonchev–Trinajstić information content (AvgIpc) is 2.40. The summed E-state index contributed by atoms with van der Waals surface area (Å²) >= 11 is 6.07. The topological polar surface area (TPSA) is 46.1 Å². The van der Waals surface area contributed by atoms with Gasteiger partial charge in [0.2, 0.25) is 0 Å². The van der Waals surface area contributed by atoms with E-state index >= 15 is 0 Å². The fraction of sp³-hybridized carbons (Fsp3) is 0.643. The van der Waals surface area contributed by atoms with Gasteiger partial charge in [0.05, 0.1) is 5.56 Å². The third-order valence-electron chi connectivity index (χ3n) is 3.74. The molecule has 104 valence electrons. The van der Waals surface area contributed by atoms with Crippen LogP contribution in [0.3, 0.4) is 0 Å². The van der Waals surface area contributed by atoms with Crippen molar-refractivity contribution in [3.05, 3.63) is 16.5 Å². The molecule has 0 aromatic carbocycles. The molecule has 1 saturated carbocycles. The number of carbonyl (C=O) groups excluding carboxylic acids is 1. The summed E-state index contributed by atoms with van der Waals surface area (Å²) in [6, 6.07) is 0.461. The van der Waals surface area contributed by atoms with Gasteiger partial charge in [-0.3, -0.25) is 4.79 Å². The van der Waals surface area contributed by atoms with E-state index in [-0.39, 0.29) is 5.15 Å². The smallest absolute Gasteiger partial charge is 0.156 e. The number of aromatic nitrogens is 2. The van der Waals surface area contributed by atoms with Crippen LogP contribution in [0, 0.1) is 6.92 Å². The first-order valence-corrected chi connectivity index (χ1v) is 7.31. The standard InChI is InChI=1S/C14H20ClN3O/c1-3-18(11-7-5-4-6-8-11)14-12(9-19)13(15)16-10(2)17-14/h9,11H,3-8H2,1-2H3. The molecule has 0 radical (unpaired) electrons. The van der Waals surface area contributed by atoms with E-state index in [4.69, 9.17) is 11.6 Å². The SMILES string of the molecule is CCN(c1nc(C)nc(Cl)c1C=O)C1CCCCC1. The van der Waals surface area contributed by atoms with Crippen LogP contribution in [-0.2, 0) is 0 Å². The summed E-state index contributed by atoms with van der Waals surface area (Å²) in [5.41, 5.74) is 0.416. The Morgan fingerprint density at radius 3 is 2.58 bits per heavy atom. The highest BCUT2D eigenvalue weighted by Gasteiger charge is 2.24. The summed E-state index contributed by atoms with van der Waals surface area (Å²) in [7, 11) is 0. The van der Waals surface area contributed by atoms with Gasteiger partial charge in [0.25, 0.3) is 0 Å². The average molecular weight is 282 g/mol. The van der Waals surface area contributed by atoms with Gasteiger partial charge in [0.15, 0.2) is 6.29 Å². The van der Waals surface area contributed by atoms with Gasteiger partial charge in [-0.05, 0) is 26.7 Å². The molecule has 0 amide bonds. The highest BCUT2D eigenvalue weighted by Crippen LogP contribution is 2.29. The lowest BCUT2D eigenvalue weighted by molar-refractivity contribution is 0.112. The van der Waals surface area contributed by atoms with Crippen molar-refractivity contribution in [1.82, 2.24) is 9.97 Å². The number of anilines is 1. The van der Waals surface area contributed by atoms with Gasteiger partial charge in [0, 0.05) is 12.6 Å². The number of rotatable bonds is 4. The molecule has 0 atom stereocenters. The van der Waals surface area contributed by atoms with Gasteiger partial charge < -0.3 is 4.90 Å².